The number of alkyl halides is 2. The average Bonchev–Trinajstić information content (AvgIpc) is 2.15. The van der Waals surface area contributed by atoms with Gasteiger partial charge in [0.15, 0.2) is 0 Å². The van der Waals surface area contributed by atoms with E-state index in [-0.39, 0.29) is 6.54 Å². The second kappa shape index (κ2) is 10.3. The van der Waals surface area contributed by atoms with Crippen LogP contribution in [0.5, 0.6) is 0 Å². The van der Waals surface area contributed by atoms with Crippen LogP contribution in [0.15, 0.2) is 0 Å². The van der Waals surface area contributed by atoms with E-state index in [1.54, 1.807) is 19.1 Å². The lowest BCUT2D eigenvalue weighted by Crippen LogP contribution is -2.26. The molecule has 92 valence electrons. The molecule has 0 spiro atoms. The summed E-state index contributed by atoms with van der Waals surface area (Å²) in [6, 6.07) is 0. The van der Waals surface area contributed by atoms with Gasteiger partial charge in [-0.1, -0.05) is 0 Å². The zero-order chi connectivity index (χ0) is 11.5. The van der Waals surface area contributed by atoms with Gasteiger partial charge >= 0.3 is 0 Å². The molecule has 0 aliphatic heterocycles. The third kappa shape index (κ3) is 11.7. The van der Waals surface area contributed by atoms with E-state index in [0.717, 1.165) is 32.5 Å². The Labute approximate surface area is 90.8 Å². The highest BCUT2D eigenvalue weighted by atomic mass is 19.3. The summed E-state index contributed by atoms with van der Waals surface area (Å²) in [5.74, 6) is 0. The Hall–Kier alpha value is -0.260. The molecule has 0 aliphatic carbocycles. The van der Waals surface area contributed by atoms with E-state index in [0.29, 0.717) is 6.61 Å². The van der Waals surface area contributed by atoms with Crippen molar-refractivity contribution >= 4 is 0 Å². The minimum absolute atomic E-state index is 0.128. The van der Waals surface area contributed by atoms with Gasteiger partial charge in [0, 0.05) is 13.7 Å². The average molecular weight is 224 g/mol. The summed E-state index contributed by atoms with van der Waals surface area (Å²) in [7, 11) is 3.39. The fourth-order valence-electron chi connectivity index (χ4n) is 1.26. The largest absolute Gasteiger partial charge is 0.383 e. The van der Waals surface area contributed by atoms with E-state index < -0.39 is 6.43 Å². The fourth-order valence-corrected chi connectivity index (χ4v) is 1.26. The van der Waals surface area contributed by atoms with E-state index in [4.69, 9.17) is 4.74 Å². The van der Waals surface area contributed by atoms with Crippen LogP contribution in [0.4, 0.5) is 8.78 Å². The van der Waals surface area contributed by atoms with Crippen LogP contribution in [0.1, 0.15) is 12.8 Å². The summed E-state index contributed by atoms with van der Waals surface area (Å²) in [6.07, 6.45) is -0.268. The zero-order valence-electron chi connectivity index (χ0n) is 9.64. The highest BCUT2D eigenvalue weighted by Gasteiger charge is 2.06. The van der Waals surface area contributed by atoms with Gasteiger partial charge in [-0.3, -0.25) is 0 Å². The lowest BCUT2D eigenvalue weighted by atomic mass is 10.3. The quantitative estimate of drug-likeness (QED) is 0.564. The lowest BCUT2D eigenvalue weighted by molar-refractivity contribution is 0.0996. The molecule has 0 rings (SSSR count). The fraction of sp³-hybridized carbons (Fsp3) is 1.00. The Kier molecular flexibility index (Phi) is 10.1. The van der Waals surface area contributed by atoms with Crippen molar-refractivity contribution in [3.05, 3.63) is 0 Å². The Morgan fingerprint density at radius 3 is 2.60 bits per heavy atom. The van der Waals surface area contributed by atoms with E-state index >= 15 is 0 Å². The van der Waals surface area contributed by atoms with Crippen molar-refractivity contribution in [2.75, 3.05) is 46.9 Å². The molecule has 0 aromatic rings. The molecule has 15 heavy (non-hydrogen) atoms. The van der Waals surface area contributed by atoms with Gasteiger partial charge in [-0.05, 0) is 33.0 Å². The summed E-state index contributed by atoms with van der Waals surface area (Å²) in [4.78, 5) is 1.67. The first-order valence-electron chi connectivity index (χ1n) is 5.33. The minimum Gasteiger partial charge on any atom is -0.383 e. The molecule has 0 aromatic carbocycles. The standard InChI is InChI=1S/C10H22F2N2O/c1-14(9-10(11)12)7-4-3-5-13-6-8-15-2/h10,13H,3-9H2,1-2H3. The van der Waals surface area contributed by atoms with Crippen molar-refractivity contribution in [2.24, 2.45) is 0 Å². The van der Waals surface area contributed by atoms with Gasteiger partial charge < -0.3 is 15.0 Å². The summed E-state index contributed by atoms with van der Waals surface area (Å²) in [6.45, 7) is 3.09. The van der Waals surface area contributed by atoms with Crippen molar-refractivity contribution in [2.45, 2.75) is 19.3 Å². The van der Waals surface area contributed by atoms with Crippen LogP contribution in [0.3, 0.4) is 0 Å². The Morgan fingerprint density at radius 2 is 2.00 bits per heavy atom. The van der Waals surface area contributed by atoms with Gasteiger partial charge in [-0.15, -0.1) is 0 Å². The molecule has 0 aliphatic rings. The lowest BCUT2D eigenvalue weighted by Gasteiger charge is -2.15. The molecule has 0 saturated heterocycles. The second-order valence-electron chi connectivity index (χ2n) is 3.60. The van der Waals surface area contributed by atoms with Crippen LogP contribution < -0.4 is 5.32 Å². The Balaban J connectivity index is 3.09. The summed E-state index contributed by atoms with van der Waals surface area (Å²) in [5.41, 5.74) is 0. The molecule has 0 unspecified atom stereocenters. The van der Waals surface area contributed by atoms with Gasteiger partial charge in [0.25, 0.3) is 6.43 Å². The van der Waals surface area contributed by atoms with Gasteiger partial charge in [0.2, 0.25) is 0 Å². The molecule has 5 heteroatoms. The van der Waals surface area contributed by atoms with Gasteiger partial charge in [0.05, 0.1) is 13.2 Å². The van der Waals surface area contributed by atoms with Crippen LogP contribution in [0, 0.1) is 0 Å². The molecule has 1 N–H and O–H groups in total. The molecule has 0 amide bonds. The molecule has 0 radical (unpaired) electrons. The monoisotopic (exact) mass is 224 g/mol. The number of nitrogens with zero attached hydrogens (tertiary/aromatic N) is 1. The molecule has 0 bridgehead atoms. The Morgan fingerprint density at radius 1 is 1.27 bits per heavy atom. The van der Waals surface area contributed by atoms with Crippen molar-refractivity contribution < 1.29 is 13.5 Å². The van der Waals surface area contributed by atoms with E-state index in [1.165, 1.54) is 0 Å². The number of rotatable bonds is 10. The molecule has 0 fully saturated rings. The molecular weight excluding hydrogens is 202 g/mol. The summed E-state index contributed by atoms with van der Waals surface area (Å²) in [5, 5.41) is 3.21. The van der Waals surface area contributed by atoms with Crippen molar-refractivity contribution in [1.29, 1.82) is 0 Å². The van der Waals surface area contributed by atoms with Crippen LogP contribution in [-0.2, 0) is 4.74 Å². The number of hydrogen-bond donors (Lipinski definition) is 1. The first-order chi connectivity index (χ1) is 7.16. The smallest absolute Gasteiger partial charge is 0.251 e. The highest BCUT2D eigenvalue weighted by Crippen LogP contribution is 1.97. The normalized spacial score (nSPS) is 11.6. The van der Waals surface area contributed by atoms with Crippen LogP contribution >= 0.6 is 0 Å². The molecular formula is C10H22F2N2O. The zero-order valence-corrected chi connectivity index (χ0v) is 9.64. The second-order valence-corrected chi connectivity index (χ2v) is 3.60. The molecule has 0 saturated carbocycles. The summed E-state index contributed by atoms with van der Waals surface area (Å²) >= 11 is 0. The first kappa shape index (κ1) is 14.7. The van der Waals surface area contributed by atoms with E-state index in [2.05, 4.69) is 5.32 Å². The minimum atomic E-state index is -2.23. The maximum absolute atomic E-state index is 11.9. The SMILES string of the molecule is COCCNCCCCN(C)CC(F)F. The first-order valence-corrected chi connectivity index (χ1v) is 5.33. The van der Waals surface area contributed by atoms with Crippen molar-refractivity contribution in [3.8, 4) is 0 Å². The molecule has 0 atom stereocenters. The highest BCUT2D eigenvalue weighted by molar-refractivity contribution is 4.55. The number of ether oxygens (including phenoxy) is 1. The summed E-state index contributed by atoms with van der Waals surface area (Å²) < 4.78 is 28.7. The molecule has 0 heterocycles. The molecule has 0 aromatic heterocycles. The van der Waals surface area contributed by atoms with Crippen LogP contribution in [-0.4, -0.2) is 58.3 Å². The van der Waals surface area contributed by atoms with Crippen molar-refractivity contribution in [3.63, 3.8) is 0 Å². The van der Waals surface area contributed by atoms with Crippen molar-refractivity contribution in [1.82, 2.24) is 10.2 Å². The number of hydrogen-bond acceptors (Lipinski definition) is 3. The maximum atomic E-state index is 11.9. The molecule has 3 nitrogen and oxygen atoms in total. The Bertz CT molecular complexity index is 137. The van der Waals surface area contributed by atoms with E-state index in [9.17, 15) is 8.78 Å². The van der Waals surface area contributed by atoms with Gasteiger partial charge in [-0.2, -0.15) is 0 Å². The van der Waals surface area contributed by atoms with Gasteiger partial charge in [-0.25, -0.2) is 8.78 Å². The topological polar surface area (TPSA) is 24.5 Å². The third-order valence-corrected chi connectivity index (χ3v) is 2.08. The number of unbranched alkanes of at least 4 members (excludes halogenated alkanes) is 1. The number of halogens is 2. The maximum Gasteiger partial charge on any atom is 0.251 e. The third-order valence-electron chi connectivity index (χ3n) is 2.08. The van der Waals surface area contributed by atoms with Gasteiger partial charge in [0.1, 0.15) is 0 Å². The number of nitrogens with one attached hydrogen (secondary N) is 1. The van der Waals surface area contributed by atoms with E-state index in [1.807, 2.05) is 0 Å². The van der Waals surface area contributed by atoms with Crippen LogP contribution in [0.2, 0.25) is 0 Å². The van der Waals surface area contributed by atoms with Crippen LogP contribution in [0.25, 0.3) is 0 Å². The predicted octanol–water partition coefficient (Wildman–Crippen LogP) is 1.20. The predicted molar refractivity (Wildman–Crippen MR) is 57.5 cm³/mol. The number of methoxy groups -OCH3 is 1.